The zero-order chi connectivity index (χ0) is 20.4. The first-order chi connectivity index (χ1) is 13.9. The van der Waals surface area contributed by atoms with Crippen LogP contribution in [0.5, 0.6) is 0 Å². The molecule has 0 amide bonds. The number of fused-ring (bicyclic) bond motifs is 1. The van der Waals surface area contributed by atoms with Gasteiger partial charge in [-0.15, -0.1) is 11.3 Å². The van der Waals surface area contributed by atoms with Crippen LogP contribution in [-0.4, -0.2) is 14.0 Å². The predicted molar refractivity (Wildman–Crippen MR) is 130 cm³/mol. The predicted octanol–water partition coefficient (Wildman–Crippen LogP) is 5.70. The average Bonchev–Trinajstić information content (AvgIpc) is 3.08. The van der Waals surface area contributed by atoms with Gasteiger partial charge in [0.1, 0.15) is 0 Å². The fourth-order valence-electron chi connectivity index (χ4n) is 3.60. The van der Waals surface area contributed by atoms with Crippen LogP contribution in [-0.2, 0) is 4.43 Å². The second-order valence-corrected chi connectivity index (χ2v) is 12.9. The van der Waals surface area contributed by atoms with Gasteiger partial charge in [0.25, 0.3) is 0 Å². The number of hydrogen-bond acceptors (Lipinski definition) is 3. The fourth-order valence-corrected chi connectivity index (χ4v) is 7.73. The van der Waals surface area contributed by atoms with Gasteiger partial charge in [-0.2, -0.15) is 0 Å². The Hall–Kier alpha value is -1.79. The Morgan fingerprint density at radius 3 is 2.03 bits per heavy atom. The molecule has 0 saturated heterocycles. The summed E-state index contributed by atoms with van der Waals surface area (Å²) >= 11 is 5.18. The molecule has 4 aromatic rings. The first-order valence-corrected chi connectivity index (χ1v) is 13.0. The highest BCUT2D eigenvalue weighted by molar-refractivity contribution is 9.11. The second kappa shape index (κ2) is 8.52. The molecule has 3 aromatic carbocycles. The average molecular weight is 483 g/mol. The van der Waals surface area contributed by atoms with E-state index in [1.54, 1.807) is 11.3 Å². The van der Waals surface area contributed by atoms with Crippen molar-refractivity contribution in [2.75, 3.05) is 0 Å². The summed E-state index contributed by atoms with van der Waals surface area (Å²) in [5.74, 6) is 0. The van der Waals surface area contributed by atoms with E-state index in [0.717, 1.165) is 9.43 Å². The SMILES string of the molecule is CC(C)(C)C(O[SiH](c1ccccc1)c1ccccc1)c1ccc2nc(Br)sc2c1. The molecule has 5 heteroatoms. The highest BCUT2D eigenvalue weighted by Gasteiger charge is 2.32. The molecule has 0 fully saturated rings. The smallest absolute Gasteiger partial charge is 0.240 e. The number of halogens is 1. The van der Waals surface area contributed by atoms with Crippen molar-refractivity contribution in [1.29, 1.82) is 0 Å². The molecule has 1 unspecified atom stereocenters. The molecule has 4 rings (SSSR count). The highest BCUT2D eigenvalue weighted by atomic mass is 79.9. The Balaban J connectivity index is 1.77. The van der Waals surface area contributed by atoms with Gasteiger partial charge < -0.3 is 4.43 Å². The van der Waals surface area contributed by atoms with E-state index in [2.05, 4.69) is 121 Å². The molecule has 0 aliphatic carbocycles. The number of rotatable bonds is 5. The quantitative estimate of drug-likeness (QED) is 0.341. The minimum absolute atomic E-state index is 0.00939. The lowest BCUT2D eigenvalue weighted by atomic mass is 9.85. The lowest BCUT2D eigenvalue weighted by Crippen LogP contribution is -2.47. The van der Waals surface area contributed by atoms with Crippen molar-refractivity contribution >= 4 is 56.9 Å². The summed E-state index contributed by atoms with van der Waals surface area (Å²) in [4.78, 5) is 4.53. The van der Waals surface area contributed by atoms with Crippen LogP contribution in [0.4, 0.5) is 0 Å². The van der Waals surface area contributed by atoms with Crippen molar-refractivity contribution in [2.45, 2.75) is 26.9 Å². The van der Waals surface area contributed by atoms with Gasteiger partial charge in [-0.25, -0.2) is 4.98 Å². The van der Waals surface area contributed by atoms with E-state index in [-0.39, 0.29) is 11.5 Å². The van der Waals surface area contributed by atoms with Crippen molar-refractivity contribution < 1.29 is 4.43 Å². The number of aromatic nitrogens is 1. The van der Waals surface area contributed by atoms with Gasteiger partial charge >= 0.3 is 0 Å². The topological polar surface area (TPSA) is 22.1 Å². The summed E-state index contributed by atoms with van der Waals surface area (Å²) in [6.07, 6.45) is -0.00939. The lowest BCUT2D eigenvalue weighted by molar-refractivity contribution is 0.0898. The lowest BCUT2D eigenvalue weighted by Gasteiger charge is -2.35. The van der Waals surface area contributed by atoms with Crippen molar-refractivity contribution in [1.82, 2.24) is 4.98 Å². The van der Waals surface area contributed by atoms with E-state index in [1.807, 2.05) is 0 Å². The molecule has 1 aromatic heterocycles. The Bertz CT molecular complexity index is 1050. The molecule has 1 atom stereocenters. The highest BCUT2D eigenvalue weighted by Crippen LogP contribution is 2.38. The molecule has 29 heavy (non-hydrogen) atoms. The molecule has 2 nitrogen and oxygen atoms in total. The summed E-state index contributed by atoms with van der Waals surface area (Å²) in [5.41, 5.74) is 2.20. The Labute approximate surface area is 186 Å². The van der Waals surface area contributed by atoms with Gasteiger partial charge in [0, 0.05) is 0 Å². The normalized spacial score (nSPS) is 13.1. The van der Waals surface area contributed by atoms with Gasteiger partial charge in [0.05, 0.1) is 16.3 Å². The summed E-state index contributed by atoms with van der Waals surface area (Å²) in [5, 5.41) is 2.60. The Kier molecular flexibility index (Phi) is 6.02. The van der Waals surface area contributed by atoms with Crippen molar-refractivity contribution in [3.8, 4) is 0 Å². The zero-order valence-electron chi connectivity index (χ0n) is 16.8. The number of benzene rings is 3. The Morgan fingerprint density at radius 2 is 1.48 bits per heavy atom. The molecule has 0 aliphatic rings. The van der Waals surface area contributed by atoms with Gasteiger partial charge in [-0.3, -0.25) is 0 Å². The largest absolute Gasteiger partial charge is 0.403 e. The van der Waals surface area contributed by atoms with Crippen LogP contribution in [0, 0.1) is 5.41 Å². The summed E-state index contributed by atoms with van der Waals surface area (Å²) in [7, 11) is -1.86. The molecule has 148 valence electrons. The molecule has 1 heterocycles. The van der Waals surface area contributed by atoms with E-state index < -0.39 is 9.04 Å². The van der Waals surface area contributed by atoms with Crippen LogP contribution in [0.1, 0.15) is 32.4 Å². The molecular weight excluding hydrogens is 458 g/mol. The summed E-state index contributed by atoms with van der Waals surface area (Å²) in [6, 6.07) is 27.9. The van der Waals surface area contributed by atoms with E-state index in [9.17, 15) is 0 Å². The number of thiazole rings is 1. The monoisotopic (exact) mass is 481 g/mol. The van der Waals surface area contributed by atoms with Gasteiger partial charge in [-0.05, 0) is 49.4 Å². The molecule has 0 bridgehead atoms. The second-order valence-electron chi connectivity index (χ2n) is 8.28. The van der Waals surface area contributed by atoms with Crippen molar-refractivity contribution in [2.24, 2.45) is 5.41 Å². The fraction of sp³-hybridized carbons (Fsp3) is 0.208. The van der Waals surface area contributed by atoms with Crippen LogP contribution in [0.2, 0.25) is 0 Å². The molecule has 0 spiro atoms. The van der Waals surface area contributed by atoms with Crippen LogP contribution >= 0.6 is 27.3 Å². The van der Waals surface area contributed by atoms with Crippen molar-refractivity contribution in [3.05, 3.63) is 88.3 Å². The maximum absolute atomic E-state index is 7.04. The van der Waals surface area contributed by atoms with Gasteiger partial charge in [0.15, 0.2) is 3.92 Å². The summed E-state index contributed by atoms with van der Waals surface area (Å²) in [6.45, 7) is 6.77. The first kappa shape index (κ1) is 20.5. The molecule has 0 saturated carbocycles. The third-order valence-electron chi connectivity index (χ3n) is 4.95. The van der Waals surface area contributed by atoms with E-state index in [1.165, 1.54) is 20.6 Å². The molecule has 0 aliphatic heterocycles. The number of hydrogen-bond donors (Lipinski definition) is 0. The summed E-state index contributed by atoms with van der Waals surface area (Å²) < 4.78 is 9.14. The Morgan fingerprint density at radius 1 is 0.897 bits per heavy atom. The standard InChI is InChI=1S/C24H24BrNOSSi/c1-24(2,3)22(17-14-15-20-21(16-17)28-23(25)26-20)27-29(18-10-6-4-7-11-18)19-12-8-5-9-13-19/h4-16,22,29H,1-3H3. The minimum Gasteiger partial charge on any atom is -0.403 e. The van der Waals surface area contributed by atoms with E-state index in [0.29, 0.717) is 0 Å². The van der Waals surface area contributed by atoms with Gasteiger partial charge in [0.2, 0.25) is 9.04 Å². The first-order valence-electron chi connectivity index (χ1n) is 9.73. The van der Waals surface area contributed by atoms with E-state index >= 15 is 0 Å². The van der Waals surface area contributed by atoms with Crippen LogP contribution in [0.3, 0.4) is 0 Å². The van der Waals surface area contributed by atoms with Gasteiger partial charge in [-0.1, -0.05) is 87.5 Å². The number of nitrogens with zero attached hydrogens (tertiary/aromatic N) is 1. The van der Waals surface area contributed by atoms with Crippen molar-refractivity contribution in [3.63, 3.8) is 0 Å². The third-order valence-corrected chi connectivity index (χ3v) is 8.95. The maximum atomic E-state index is 7.04. The van der Waals surface area contributed by atoms with Crippen LogP contribution < -0.4 is 10.4 Å². The molecule has 0 radical (unpaired) electrons. The minimum atomic E-state index is -1.86. The zero-order valence-corrected chi connectivity index (χ0v) is 20.4. The maximum Gasteiger partial charge on any atom is 0.240 e. The van der Waals surface area contributed by atoms with Crippen LogP contribution in [0.15, 0.2) is 82.8 Å². The molecular formula is C24H24BrNOSSi. The molecule has 0 N–H and O–H groups in total. The van der Waals surface area contributed by atoms with Crippen LogP contribution in [0.25, 0.3) is 10.2 Å². The van der Waals surface area contributed by atoms with E-state index in [4.69, 9.17) is 4.43 Å². The third kappa shape index (κ3) is 4.69.